The van der Waals surface area contributed by atoms with Crippen LogP contribution >= 0.6 is 0 Å². The van der Waals surface area contributed by atoms with Crippen LogP contribution in [-0.4, -0.2) is 17.5 Å². The van der Waals surface area contributed by atoms with Crippen molar-refractivity contribution in [2.75, 3.05) is 11.9 Å². The zero-order valence-corrected chi connectivity index (χ0v) is 17.9. The Morgan fingerprint density at radius 3 is 2.11 bits per heavy atom. The number of hydrogen-bond acceptors (Lipinski definition) is 3. The minimum absolute atomic E-state index is 0.0215. The minimum atomic E-state index is -5.08. The molecule has 1 amide bonds. The summed E-state index contributed by atoms with van der Waals surface area (Å²) in [5.74, 6) is -1.85. The highest BCUT2D eigenvalue weighted by Crippen LogP contribution is 2.37. The standard InChI is InChI=1S/C23H17F7N2O3/c1-2-35-19-6-14(11-31-21(19)34)12-3-4-13(18(24)5-12)7-20(33)32-17-9-15(22(25,26)27)8-16(10-17)23(28,29)30/h3-6,8-11H,2,7H2,1H3,(H,31,34)(H,32,33). The van der Waals surface area contributed by atoms with Crippen molar-refractivity contribution in [3.8, 4) is 16.9 Å². The zero-order chi connectivity index (χ0) is 26.0. The fourth-order valence-electron chi connectivity index (χ4n) is 3.17. The second-order valence-corrected chi connectivity index (χ2v) is 7.34. The summed E-state index contributed by atoms with van der Waals surface area (Å²) in [7, 11) is 0. The molecular formula is C23H17F7N2O3. The lowest BCUT2D eigenvalue weighted by Crippen LogP contribution is -2.17. The van der Waals surface area contributed by atoms with Crippen molar-refractivity contribution in [2.45, 2.75) is 25.7 Å². The van der Waals surface area contributed by atoms with Gasteiger partial charge in [0.15, 0.2) is 5.75 Å². The van der Waals surface area contributed by atoms with E-state index in [0.29, 0.717) is 23.3 Å². The van der Waals surface area contributed by atoms with Gasteiger partial charge in [0, 0.05) is 17.4 Å². The van der Waals surface area contributed by atoms with Crippen molar-refractivity contribution < 1.29 is 40.3 Å². The van der Waals surface area contributed by atoms with Gasteiger partial charge in [0.2, 0.25) is 5.91 Å². The molecule has 0 saturated heterocycles. The van der Waals surface area contributed by atoms with Crippen LogP contribution in [0.4, 0.5) is 36.4 Å². The largest absolute Gasteiger partial charge is 0.488 e. The van der Waals surface area contributed by atoms with Crippen molar-refractivity contribution in [1.29, 1.82) is 0 Å². The number of pyridine rings is 1. The molecule has 0 radical (unpaired) electrons. The fourth-order valence-corrected chi connectivity index (χ4v) is 3.17. The maximum Gasteiger partial charge on any atom is 0.416 e. The fraction of sp³-hybridized carbons (Fsp3) is 0.217. The van der Waals surface area contributed by atoms with Gasteiger partial charge in [0.05, 0.1) is 24.2 Å². The monoisotopic (exact) mass is 502 g/mol. The Labute approximate surface area is 193 Å². The van der Waals surface area contributed by atoms with Crippen LogP contribution in [0.3, 0.4) is 0 Å². The van der Waals surface area contributed by atoms with Crippen LogP contribution < -0.4 is 15.6 Å². The topological polar surface area (TPSA) is 71.2 Å². The van der Waals surface area contributed by atoms with E-state index in [1.54, 1.807) is 6.92 Å². The molecule has 3 aromatic rings. The summed E-state index contributed by atoms with van der Waals surface area (Å²) in [6.45, 7) is 1.90. The molecule has 0 fully saturated rings. The summed E-state index contributed by atoms with van der Waals surface area (Å²) in [5, 5.41) is 1.95. The highest BCUT2D eigenvalue weighted by atomic mass is 19.4. The normalized spacial score (nSPS) is 11.9. The Bertz CT molecular complexity index is 1270. The van der Waals surface area contributed by atoms with Crippen molar-refractivity contribution in [2.24, 2.45) is 0 Å². The van der Waals surface area contributed by atoms with Gasteiger partial charge >= 0.3 is 12.4 Å². The summed E-state index contributed by atoms with van der Waals surface area (Å²) in [6.07, 6.45) is -9.48. The van der Waals surface area contributed by atoms with Crippen LogP contribution in [0.25, 0.3) is 11.1 Å². The number of rotatable bonds is 6. The van der Waals surface area contributed by atoms with Crippen LogP contribution in [0.15, 0.2) is 53.5 Å². The maximum atomic E-state index is 14.6. The van der Waals surface area contributed by atoms with E-state index >= 15 is 0 Å². The molecule has 0 aliphatic carbocycles. The molecule has 0 aliphatic rings. The van der Waals surface area contributed by atoms with Crippen molar-refractivity contribution in [3.05, 3.63) is 81.5 Å². The van der Waals surface area contributed by atoms with E-state index in [-0.39, 0.29) is 24.0 Å². The lowest BCUT2D eigenvalue weighted by Gasteiger charge is -2.15. The first-order valence-electron chi connectivity index (χ1n) is 10.0. The van der Waals surface area contributed by atoms with Gasteiger partial charge in [-0.25, -0.2) is 4.39 Å². The molecule has 0 saturated carbocycles. The molecule has 0 bridgehead atoms. The molecule has 2 aromatic carbocycles. The Kier molecular flexibility index (Phi) is 7.22. The smallest absolute Gasteiger partial charge is 0.416 e. The number of aromatic amines is 1. The number of aromatic nitrogens is 1. The van der Waals surface area contributed by atoms with E-state index in [1.807, 2.05) is 5.32 Å². The van der Waals surface area contributed by atoms with Gasteiger partial charge in [-0.3, -0.25) is 9.59 Å². The summed E-state index contributed by atoms with van der Waals surface area (Å²) in [5.41, 5.74) is -3.80. The molecule has 0 unspecified atom stereocenters. The highest BCUT2D eigenvalue weighted by molar-refractivity contribution is 5.92. The quantitative estimate of drug-likeness (QED) is 0.419. The maximum absolute atomic E-state index is 14.6. The third-order valence-corrected chi connectivity index (χ3v) is 4.78. The van der Waals surface area contributed by atoms with E-state index in [9.17, 15) is 40.3 Å². The van der Waals surface area contributed by atoms with Gasteiger partial charge in [-0.15, -0.1) is 0 Å². The molecule has 2 N–H and O–H groups in total. The first-order chi connectivity index (χ1) is 16.3. The zero-order valence-electron chi connectivity index (χ0n) is 17.9. The molecule has 1 heterocycles. The van der Waals surface area contributed by atoms with E-state index < -0.39 is 52.9 Å². The molecular weight excluding hydrogens is 485 g/mol. The van der Waals surface area contributed by atoms with Gasteiger partial charge < -0.3 is 15.0 Å². The van der Waals surface area contributed by atoms with E-state index in [0.717, 1.165) is 6.07 Å². The van der Waals surface area contributed by atoms with Gasteiger partial charge in [-0.2, -0.15) is 26.3 Å². The van der Waals surface area contributed by atoms with Crippen LogP contribution in [0.1, 0.15) is 23.6 Å². The molecule has 186 valence electrons. The SMILES string of the molecule is CCOc1cc(-c2ccc(CC(=O)Nc3cc(C(F)(F)F)cc(C(F)(F)F)c3)c(F)c2)c[nH]c1=O. The van der Waals surface area contributed by atoms with Crippen LogP contribution in [0.2, 0.25) is 0 Å². The minimum Gasteiger partial charge on any atom is -0.488 e. The number of halogens is 7. The van der Waals surface area contributed by atoms with Crippen molar-refractivity contribution >= 4 is 11.6 Å². The third kappa shape index (κ3) is 6.40. The van der Waals surface area contributed by atoms with E-state index in [4.69, 9.17) is 4.74 Å². The Hall–Kier alpha value is -3.83. The molecule has 35 heavy (non-hydrogen) atoms. The first-order valence-corrected chi connectivity index (χ1v) is 10.0. The van der Waals surface area contributed by atoms with Crippen LogP contribution in [-0.2, 0) is 23.6 Å². The van der Waals surface area contributed by atoms with Crippen LogP contribution in [0, 0.1) is 5.82 Å². The summed E-state index contributed by atoms with van der Waals surface area (Å²) >= 11 is 0. The third-order valence-electron chi connectivity index (χ3n) is 4.78. The van der Waals surface area contributed by atoms with Crippen molar-refractivity contribution in [1.82, 2.24) is 4.98 Å². The number of carbonyl (C=O) groups excluding carboxylic acids is 1. The summed E-state index contributed by atoms with van der Waals surface area (Å²) < 4.78 is 97.7. The molecule has 1 aromatic heterocycles. The molecule has 0 spiro atoms. The number of ether oxygens (including phenoxy) is 1. The van der Waals surface area contributed by atoms with Crippen molar-refractivity contribution in [3.63, 3.8) is 0 Å². The second-order valence-electron chi connectivity index (χ2n) is 7.34. The van der Waals surface area contributed by atoms with E-state index in [1.165, 1.54) is 24.4 Å². The van der Waals surface area contributed by atoms with Gasteiger partial charge in [-0.1, -0.05) is 12.1 Å². The number of carbonyl (C=O) groups is 1. The number of benzene rings is 2. The number of anilines is 1. The van der Waals surface area contributed by atoms with Gasteiger partial charge in [-0.05, 0) is 48.4 Å². The van der Waals surface area contributed by atoms with Crippen LogP contribution in [0.5, 0.6) is 5.75 Å². The Morgan fingerprint density at radius 1 is 0.943 bits per heavy atom. The molecule has 3 rings (SSSR count). The number of H-pyrrole nitrogens is 1. The predicted octanol–water partition coefficient (Wildman–Crippen LogP) is 5.80. The number of amides is 1. The van der Waals surface area contributed by atoms with Gasteiger partial charge in [0.1, 0.15) is 5.82 Å². The van der Waals surface area contributed by atoms with Gasteiger partial charge in [0.25, 0.3) is 5.56 Å². The first kappa shape index (κ1) is 25.8. The molecule has 12 heteroatoms. The lowest BCUT2D eigenvalue weighted by atomic mass is 10.0. The number of hydrogen-bond donors (Lipinski definition) is 2. The molecule has 0 aliphatic heterocycles. The predicted molar refractivity (Wildman–Crippen MR) is 112 cm³/mol. The number of nitrogens with one attached hydrogen (secondary N) is 2. The highest BCUT2D eigenvalue weighted by Gasteiger charge is 2.37. The van der Waals surface area contributed by atoms with E-state index in [2.05, 4.69) is 4.98 Å². The summed E-state index contributed by atoms with van der Waals surface area (Å²) in [6, 6.07) is 5.79. The average Bonchev–Trinajstić information content (AvgIpc) is 2.75. The Balaban J connectivity index is 1.81. The Morgan fingerprint density at radius 2 is 1.57 bits per heavy atom. The lowest BCUT2D eigenvalue weighted by molar-refractivity contribution is -0.143. The average molecular weight is 502 g/mol. The second kappa shape index (κ2) is 9.80. The molecule has 0 atom stereocenters. The number of alkyl halides is 6. The summed E-state index contributed by atoms with van der Waals surface area (Å²) in [4.78, 5) is 26.4. The molecule has 5 nitrogen and oxygen atoms in total.